The van der Waals surface area contributed by atoms with Gasteiger partial charge in [0.2, 0.25) is 5.91 Å². The molecule has 2 aromatic carbocycles. The molecule has 176 valence electrons. The number of nitro benzene ring substituents is 1. The Kier molecular flexibility index (Phi) is 7.77. The fourth-order valence-electron chi connectivity index (χ4n) is 4.03. The van der Waals surface area contributed by atoms with Crippen molar-refractivity contribution in [1.29, 1.82) is 0 Å². The molecule has 0 unspecified atom stereocenters. The third-order valence-corrected chi connectivity index (χ3v) is 5.96. The lowest BCUT2D eigenvalue weighted by Crippen LogP contribution is -2.34. The summed E-state index contributed by atoms with van der Waals surface area (Å²) >= 11 is 0. The predicted molar refractivity (Wildman–Crippen MR) is 127 cm³/mol. The van der Waals surface area contributed by atoms with Crippen molar-refractivity contribution in [3.05, 3.63) is 82.2 Å². The van der Waals surface area contributed by atoms with Gasteiger partial charge in [-0.3, -0.25) is 19.8 Å². The molecule has 0 aliphatic carbocycles. The maximum absolute atomic E-state index is 12.1. The summed E-state index contributed by atoms with van der Waals surface area (Å²) < 4.78 is 5.17. The van der Waals surface area contributed by atoms with E-state index in [1.54, 1.807) is 0 Å². The van der Waals surface area contributed by atoms with Crippen LogP contribution in [0, 0.1) is 16.0 Å². The number of carbonyl (C=O) groups excluding carboxylic acids is 1. The van der Waals surface area contributed by atoms with Crippen LogP contribution in [0.2, 0.25) is 0 Å². The number of non-ortho nitro benzene ring substituents is 1. The largest absolute Gasteiger partial charge is 0.353 e. The molecule has 1 aliphatic rings. The molecule has 1 fully saturated rings. The number of nitrogens with one attached hydrogen (secondary N) is 1. The van der Waals surface area contributed by atoms with Gasteiger partial charge in [0.15, 0.2) is 5.82 Å². The number of rotatable bonds is 9. The fraction of sp³-hybridized carbons (Fsp3) is 0.320. The van der Waals surface area contributed by atoms with E-state index in [4.69, 9.17) is 4.52 Å². The number of nitrogens with zero attached hydrogens (tertiary/aromatic N) is 4. The molecule has 1 amide bonds. The van der Waals surface area contributed by atoms with E-state index in [1.807, 2.05) is 6.07 Å². The Labute approximate surface area is 197 Å². The first-order valence-corrected chi connectivity index (χ1v) is 11.4. The molecule has 9 heteroatoms. The van der Waals surface area contributed by atoms with Crippen LogP contribution < -0.4 is 5.32 Å². The van der Waals surface area contributed by atoms with Gasteiger partial charge >= 0.3 is 0 Å². The van der Waals surface area contributed by atoms with E-state index in [0.29, 0.717) is 18.0 Å². The quantitative estimate of drug-likeness (QED) is 0.290. The number of amides is 1. The predicted octanol–water partition coefficient (Wildman–Crippen LogP) is 4.08. The molecular weight excluding hydrogens is 434 g/mol. The summed E-state index contributed by atoms with van der Waals surface area (Å²) in [4.78, 5) is 29.1. The van der Waals surface area contributed by atoms with Crippen molar-refractivity contribution in [3.63, 3.8) is 0 Å². The monoisotopic (exact) mass is 461 g/mol. The van der Waals surface area contributed by atoms with Crippen molar-refractivity contribution in [2.75, 3.05) is 19.6 Å². The van der Waals surface area contributed by atoms with E-state index in [1.165, 1.54) is 42.0 Å². The maximum Gasteiger partial charge on any atom is 0.269 e. The molecule has 0 bridgehead atoms. The van der Waals surface area contributed by atoms with Crippen molar-refractivity contribution >= 4 is 17.7 Å². The minimum atomic E-state index is -0.473. The van der Waals surface area contributed by atoms with Crippen LogP contribution in [0.15, 0.2) is 65.2 Å². The van der Waals surface area contributed by atoms with Gasteiger partial charge < -0.3 is 9.84 Å². The summed E-state index contributed by atoms with van der Waals surface area (Å²) in [6.45, 7) is 3.80. The average Bonchev–Trinajstić information content (AvgIpc) is 3.34. The van der Waals surface area contributed by atoms with Crippen molar-refractivity contribution in [2.45, 2.75) is 25.8 Å². The van der Waals surface area contributed by atoms with Crippen LogP contribution in [0.25, 0.3) is 17.5 Å². The summed E-state index contributed by atoms with van der Waals surface area (Å²) in [7, 11) is 0. The van der Waals surface area contributed by atoms with E-state index in [2.05, 4.69) is 44.6 Å². The minimum absolute atomic E-state index is 0.0159. The van der Waals surface area contributed by atoms with Crippen LogP contribution >= 0.6 is 0 Å². The highest BCUT2D eigenvalue weighted by Crippen LogP contribution is 2.22. The molecule has 1 aliphatic heterocycles. The number of hydrogen-bond acceptors (Lipinski definition) is 7. The summed E-state index contributed by atoms with van der Waals surface area (Å²) in [6.07, 6.45) is 6.12. The van der Waals surface area contributed by atoms with Crippen LogP contribution in [0.4, 0.5) is 5.69 Å². The van der Waals surface area contributed by atoms with Crippen LogP contribution in [-0.4, -0.2) is 45.5 Å². The van der Waals surface area contributed by atoms with Crippen molar-refractivity contribution in [3.8, 4) is 11.5 Å². The molecule has 0 spiro atoms. The minimum Gasteiger partial charge on any atom is -0.353 e. The van der Waals surface area contributed by atoms with Crippen LogP contribution in [-0.2, 0) is 11.3 Å². The Morgan fingerprint density at radius 1 is 1.15 bits per heavy atom. The number of aromatic nitrogens is 2. The lowest BCUT2D eigenvalue weighted by molar-refractivity contribution is -0.384. The SMILES string of the molecule is O=C(C=Cc1noc(-c2ccc([N+](=O)[O-])cc2)n1)NCCC1CCN(Cc2ccccc2)CC1. The molecule has 0 radical (unpaired) electrons. The van der Waals surface area contributed by atoms with Gasteiger partial charge in [-0.2, -0.15) is 4.98 Å². The van der Waals surface area contributed by atoms with Crippen LogP contribution in [0.1, 0.15) is 30.7 Å². The van der Waals surface area contributed by atoms with Crippen molar-refractivity contribution in [1.82, 2.24) is 20.4 Å². The van der Waals surface area contributed by atoms with Crippen molar-refractivity contribution in [2.24, 2.45) is 5.92 Å². The Morgan fingerprint density at radius 3 is 2.59 bits per heavy atom. The molecular formula is C25H27N5O4. The number of hydrogen-bond donors (Lipinski definition) is 1. The Balaban J connectivity index is 1.16. The van der Waals surface area contributed by atoms with Gasteiger partial charge in [0, 0.05) is 36.9 Å². The molecule has 4 rings (SSSR count). The Hall–Kier alpha value is -3.85. The molecule has 9 nitrogen and oxygen atoms in total. The molecule has 3 aromatic rings. The Morgan fingerprint density at radius 2 is 1.88 bits per heavy atom. The third kappa shape index (κ3) is 6.58. The van der Waals surface area contributed by atoms with E-state index in [0.717, 1.165) is 38.9 Å². The first-order chi connectivity index (χ1) is 16.6. The summed E-state index contributed by atoms with van der Waals surface area (Å²) in [5.41, 5.74) is 1.90. The first kappa shape index (κ1) is 23.3. The van der Waals surface area contributed by atoms with E-state index in [-0.39, 0.29) is 23.3 Å². The zero-order chi connectivity index (χ0) is 23.8. The highest BCUT2D eigenvalue weighted by Gasteiger charge is 2.19. The van der Waals surface area contributed by atoms with Gasteiger partial charge in [0.25, 0.3) is 11.6 Å². The molecule has 34 heavy (non-hydrogen) atoms. The first-order valence-electron chi connectivity index (χ1n) is 11.4. The molecule has 0 atom stereocenters. The van der Waals surface area contributed by atoms with E-state index < -0.39 is 4.92 Å². The second-order valence-electron chi connectivity index (χ2n) is 8.38. The van der Waals surface area contributed by atoms with Gasteiger partial charge in [-0.25, -0.2) is 0 Å². The van der Waals surface area contributed by atoms with Gasteiger partial charge in [0.1, 0.15) is 0 Å². The van der Waals surface area contributed by atoms with Gasteiger partial charge in [-0.15, -0.1) is 0 Å². The Bertz CT molecular complexity index is 1120. The highest BCUT2D eigenvalue weighted by atomic mass is 16.6. The normalized spacial score (nSPS) is 14.9. The zero-order valence-corrected chi connectivity index (χ0v) is 18.8. The van der Waals surface area contributed by atoms with Gasteiger partial charge in [0.05, 0.1) is 4.92 Å². The number of piperidine rings is 1. The molecule has 1 N–H and O–H groups in total. The summed E-state index contributed by atoms with van der Waals surface area (Å²) in [5, 5.41) is 17.5. The maximum atomic E-state index is 12.1. The molecule has 2 heterocycles. The fourth-order valence-corrected chi connectivity index (χ4v) is 4.03. The second kappa shape index (κ2) is 11.3. The van der Waals surface area contributed by atoms with E-state index in [9.17, 15) is 14.9 Å². The zero-order valence-electron chi connectivity index (χ0n) is 18.8. The van der Waals surface area contributed by atoms with Gasteiger partial charge in [-0.1, -0.05) is 35.5 Å². The highest BCUT2D eigenvalue weighted by molar-refractivity contribution is 5.91. The number of benzene rings is 2. The smallest absolute Gasteiger partial charge is 0.269 e. The summed E-state index contributed by atoms with van der Waals surface area (Å²) in [6, 6.07) is 16.4. The lowest BCUT2D eigenvalue weighted by Gasteiger charge is -2.32. The van der Waals surface area contributed by atoms with Crippen LogP contribution in [0.3, 0.4) is 0 Å². The lowest BCUT2D eigenvalue weighted by atomic mass is 9.93. The third-order valence-electron chi connectivity index (χ3n) is 5.96. The number of carbonyl (C=O) groups is 1. The topological polar surface area (TPSA) is 114 Å². The molecule has 1 saturated heterocycles. The van der Waals surface area contributed by atoms with E-state index >= 15 is 0 Å². The second-order valence-corrected chi connectivity index (χ2v) is 8.38. The van der Waals surface area contributed by atoms with Crippen LogP contribution in [0.5, 0.6) is 0 Å². The molecule has 0 saturated carbocycles. The van der Waals surface area contributed by atoms with Gasteiger partial charge in [-0.05, 0) is 62.0 Å². The summed E-state index contributed by atoms with van der Waals surface area (Å²) in [5.74, 6) is 0.906. The van der Waals surface area contributed by atoms with Crippen molar-refractivity contribution < 1.29 is 14.2 Å². The standard InChI is InChI=1S/C25H27N5O4/c31-24(11-10-23-27-25(34-28-23)21-6-8-22(9-7-21)30(32)33)26-15-12-19-13-16-29(17-14-19)18-20-4-2-1-3-5-20/h1-11,19H,12-18H2,(H,26,31). The number of nitro groups is 1. The molecule has 1 aromatic heterocycles. The number of likely N-dealkylation sites (tertiary alicyclic amines) is 1. The average molecular weight is 462 g/mol.